The zero-order valence-electron chi connectivity index (χ0n) is 6.87. The molecular weight excluding hydrogens is 170 g/mol. The van der Waals surface area contributed by atoms with Gasteiger partial charge in [0.1, 0.15) is 6.29 Å². The summed E-state index contributed by atoms with van der Waals surface area (Å²) in [6, 6.07) is 3.65. The van der Waals surface area contributed by atoms with Gasteiger partial charge in [-0.05, 0) is 30.2 Å². The van der Waals surface area contributed by atoms with E-state index in [0.717, 1.165) is 17.4 Å². The molecule has 12 heavy (non-hydrogen) atoms. The van der Waals surface area contributed by atoms with Gasteiger partial charge in [0.05, 0.1) is 0 Å². The Balaban J connectivity index is 3.28. The van der Waals surface area contributed by atoms with Gasteiger partial charge >= 0.3 is 0 Å². The summed E-state index contributed by atoms with van der Waals surface area (Å²) in [5.41, 5.74) is 8.81. The minimum absolute atomic E-state index is 0.602. The van der Waals surface area contributed by atoms with Gasteiger partial charge in [-0.15, -0.1) is 0 Å². The summed E-state index contributed by atoms with van der Waals surface area (Å²) in [6.07, 6.45) is 0.818. The van der Waals surface area contributed by atoms with Crippen LogP contribution in [0, 0.1) is 6.92 Å². The first kappa shape index (κ1) is 9.13. The van der Waals surface area contributed by atoms with Crippen molar-refractivity contribution in [3.63, 3.8) is 0 Å². The van der Waals surface area contributed by atoms with Gasteiger partial charge in [0, 0.05) is 17.0 Å². The summed E-state index contributed by atoms with van der Waals surface area (Å²) in [5, 5.41) is 0. The maximum Gasteiger partial charge on any atom is 0.150 e. The van der Waals surface area contributed by atoms with Gasteiger partial charge in [0.15, 0.2) is 0 Å². The van der Waals surface area contributed by atoms with Crippen LogP contribution in [0.3, 0.4) is 0 Å². The van der Waals surface area contributed by atoms with Crippen LogP contribution in [0.2, 0.25) is 0 Å². The van der Waals surface area contributed by atoms with E-state index in [9.17, 15) is 4.79 Å². The van der Waals surface area contributed by atoms with E-state index in [0.29, 0.717) is 17.0 Å². The minimum Gasteiger partial charge on any atom is -0.398 e. The van der Waals surface area contributed by atoms with E-state index in [1.165, 1.54) is 0 Å². The number of hydrogen-bond acceptors (Lipinski definition) is 3. The van der Waals surface area contributed by atoms with Crippen molar-refractivity contribution in [3.8, 4) is 0 Å². The largest absolute Gasteiger partial charge is 0.398 e. The number of aldehydes is 1. The number of anilines is 1. The number of thiol groups is 1. The number of nitrogens with two attached hydrogens (primary N) is 1. The molecule has 0 bridgehead atoms. The fraction of sp³-hybridized carbons (Fsp3) is 0.222. The number of nitrogen functional groups attached to an aromatic ring is 1. The second-order valence-electron chi connectivity index (χ2n) is 2.68. The first-order valence-electron chi connectivity index (χ1n) is 3.64. The minimum atomic E-state index is 0.602. The summed E-state index contributed by atoms with van der Waals surface area (Å²) in [7, 11) is 0. The number of hydrogen-bond donors (Lipinski definition) is 2. The van der Waals surface area contributed by atoms with Crippen LogP contribution in [-0.2, 0) is 5.75 Å². The molecular formula is C9H11NOS. The molecule has 0 atom stereocenters. The van der Waals surface area contributed by atoms with Crippen molar-refractivity contribution in [1.29, 1.82) is 0 Å². The van der Waals surface area contributed by atoms with E-state index in [1.54, 1.807) is 0 Å². The molecule has 0 unspecified atom stereocenters. The van der Waals surface area contributed by atoms with Crippen LogP contribution in [0.15, 0.2) is 12.1 Å². The van der Waals surface area contributed by atoms with Crippen molar-refractivity contribution < 1.29 is 4.79 Å². The first-order valence-corrected chi connectivity index (χ1v) is 4.27. The molecule has 0 aliphatic heterocycles. The second-order valence-corrected chi connectivity index (χ2v) is 2.99. The Morgan fingerprint density at radius 1 is 1.58 bits per heavy atom. The molecule has 0 saturated heterocycles. The van der Waals surface area contributed by atoms with Crippen LogP contribution < -0.4 is 5.73 Å². The summed E-state index contributed by atoms with van der Waals surface area (Å²) < 4.78 is 0. The van der Waals surface area contributed by atoms with Gasteiger partial charge in [-0.2, -0.15) is 12.6 Å². The van der Waals surface area contributed by atoms with Crippen molar-refractivity contribution in [2.75, 3.05) is 5.73 Å². The molecule has 0 radical (unpaired) electrons. The lowest BCUT2D eigenvalue weighted by molar-refractivity contribution is 0.112. The normalized spacial score (nSPS) is 9.83. The molecule has 0 spiro atoms. The third-order valence-electron chi connectivity index (χ3n) is 1.86. The Morgan fingerprint density at radius 2 is 2.25 bits per heavy atom. The van der Waals surface area contributed by atoms with Crippen molar-refractivity contribution in [3.05, 3.63) is 28.8 Å². The Kier molecular flexibility index (Phi) is 2.76. The molecule has 0 fully saturated rings. The summed E-state index contributed by atoms with van der Waals surface area (Å²) in [4.78, 5) is 10.6. The Labute approximate surface area is 77.2 Å². The van der Waals surface area contributed by atoms with Gasteiger partial charge in [-0.25, -0.2) is 0 Å². The lowest BCUT2D eigenvalue weighted by Gasteiger charge is -2.05. The standard InChI is InChI=1S/C9H11NOS/c1-6-8(4-11)2-7(5-12)3-9(6)10/h2-4,12H,5,10H2,1H3. The van der Waals surface area contributed by atoms with E-state index in [4.69, 9.17) is 5.73 Å². The molecule has 1 aromatic carbocycles. The van der Waals surface area contributed by atoms with Crippen LogP contribution in [0.4, 0.5) is 5.69 Å². The highest BCUT2D eigenvalue weighted by atomic mass is 32.1. The van der Waals surface area contributed by atoms with Crippen molar-refractivity contribution in [2.45, 2.75) is 12.7 Å². The molecule has 0 aliphatic rings. The molecule has 1 rings (SSSR count). The fourth-order valence-corrected chi connectivity index (χ4v) is 1.22. The molecule has 0 amide bonds. The topological polar surface area (TPSA) is 43.1 Å². The SMILES string of the molecule is Cc1c(N)cc(CS)cc1C=O. The molecule has 0 saturated carbocycles. The summed E-state index contributed by atoms with van der Waals surface area (Å²) >= 11 is 4.11. The summed E-state index contributed by atoms with van der Waals surface area (Å²) in [6.45, 7) is 1.83. The van der Waals surface area contributed by atoms with Crippen molar-refractivity contribution in [2.24, 2.45) is 0 Å². The van der Waals surface area contributed by atoms with Crippen molar-refractivity contribution >= 4 is 24.6 Å². The van der Waals surface area contributed by atoms with E-state index >= 15 is 0 Å². The maximum atomic E-state index is 10.6. The van der Waals surface area contributed by atoms with Gasteiger partial charge in [0.2, 0.25) is 0 Å². The van der Waals surface area contributed by atoms with Crippen LogP contribution in [0.1, 0.15) is 21.5 Å². The predicted molar refractivity (Wildman–Crippen MR) is 53.7 cm³/mol. The number of carbonyl (C=O) groups is 1. The Morgan fingerprint density at radius 3 is 2.75 bits per heavy atom. The van der Waals surface area contributed by atoms with Crippen LogP contribution in [0.25, 0.3) is 0 Å². The third kappa shape index (κ3) is 1.61. The van der Waals surface area contributed by atoms with E-state index < -0.39 is 0 Å². The summed E-state index contributed by atoms with van der Waals surface area (Å²) in [5.74, 6) is 0.602. The quantitative estimate of drug-likeness (QED) is 0.415. The molecule has 0 aliphatic carbocycles. The Hall–Kier alpha value is -0.960. The predicted octanol–water partition coefficient (Wildman–Crippen LogP) is 1.82. The zero-order valence-corrected chi connectivity index (χ0v) is 7.77. The Bertz CT molecular complexity index is 310. The van der Waals surface area contributed by atoms with Crippen molar-refractivity contribution in [1.82, 2.24) is 0 Å². The highest BCUT2D eigenvalue weighted by Gasteiger charge is 2.02. The fourth-order valence-electron chi connectivity index (χ4n) is 1.04. The van der Waals surface area contributed by atoms with Gasteiger partial charge in [0.25, 0.3) is 0 Å². The van der Waals surface area contributed by atoms with E-state index in [2.05, 4.69) is 12.6 Å². The maximum absolute atomic E-state index is 10.6. The highest BCUT2D eigenvalue weighted by molar-refractivity contribution is 7.79. The average molecular weight is 181 g/mol. The lowest BCUT2D eigenvalue weighted by atomic mass is 10.0. The molecule has 0 aromatic heterocycles. The molecule has 3 heteroatoms. The van der Waals surface area contributed by atoms with Crippen LogP contribution in [0.5, 0.6) is 0 Å². The van der Waals surface area contributed by atoms with Gasteiger partial charge in [-0.1, -0.05) is 0 Å². The number of rotatable bonds is 2. The van der Waals surface area contributed by atoms with Crippen LogP contribution in [-0.4, -0.2) is 6.29 Å². The third-order valence-corrected chi connectivity index (χ3v) is 2.22. The first-order chi connectivity index (χ1) is 5.69. The number of carbonyl (C=O) groups excluding carboxylic acids is 1. The molecule has 64 valence electrons. The van der Waals surface area contributed by atoms with Crippen LogP contribution >= 0.6 is 12.6 Å². The van der Waals surface area contributed by atoms with E-state index in [1.807, 2.05) is 19.1 Å². The van der Waals surface area contributed by atoms with Gasteiger partial charge < -0.3 is 5.73 Å². The average Bonchev–Trinajstić information content (AvgIpc) is 2.09. The highest BCUT2D eigenvalue weighted by Crippen LogP contribution is 2.18. The molecule has 0 heterocycles. The molecule has 1 aromatic rings. The second kappa shape index (κ2) is 3.63. The van der Waals surface area contributed by atoms with E-state index in [-0.39, 0.29) is 0 Å². The smallest absolute Gasteiger partial charge is 0.150 e. The number of benzene rings is 1. The molecule has 2 N–H and O–H groups in total. The molecule has 2 nitrogen and oxygen atoms in total. The lowest BCUT2D eigenvalue weighted by Crippen LogP contribution is -1.96. The zero-order chi connectivity index (χ0) is 9.14. The monoisotopic (exact) mass is 181 g/mol. The van der Waals surface area contributed by atoms with Gasteiger partial charge in [-0.3, -0.25) is 4.79 Å².